The van der Waals surface area contributed by atoms with Crippen molar-refractivity contribution in [3.63, 3.8) is 0 Å². The van der Waals surface area contributed by atoms with Crippen LogP contribution in [0, 0.1) is 13.8 Å². The molecule has 0 radical (unpaired) electrons. The van der Waals surface area contributed by atoms with Crippen molar-refractivity contribution in [1.29, 1.82) is 0 Å². The van der Waals surface area contributed by atoms with Gasteiger partial charge in [-0.05, 0) is 43.9 Å². The van der Waals surface area contributed by atoms with Gasteiger partial charge in [0.1, 0.15) is 0 Å². The van der Waals surface area contributed by atoms with Crippen LogP contribution in [0.5, 0.6) is 0 Å². The largest absolute Gasteiger partial charge is 0.391 e. The summed E-state index contributed by atoms with van der Waals surface area (Å²) in [6, 6.07) is 6.14. The maximum absolute atomic E-state index is 12.3. The summed E-state index contributed by atoms with van der Waals surface area (Å²) >= 11 is 0. The average molecular weight is 287 g/mol. The predicted octanol–water partition coefficient (Wildman–Crippen LogP) is 3.08. The fourth-order valence-corrected chi connectivity index (χ4v) is 3.00. The Hall–Kier alpha value is -1.61. The van der Waals surface area contributed by atoms with Crippen molar-refractivity contribution >= 4 is 12.0 Å². The van der Waals surface area contributed by atoms with Crippen LogP contribution in [0.4, 0.5) is 0 Å². The molecule has 114 valence electrons. The highest BCUT2D eigenvalue weighted by Gasteiger charge is 2.28. The zero-order valence-corrected chi connectivity index (χ0v) is 13.2. The van der Waals surface area contributed by atoms with E-state index in [2.05, 4.69) is 13.0 Å². The van der Waals surface area contributed by atoms with Gasteiger partial charge in [-0.25, -0.2) is 0 Å². The fourth-order valence-electron chi connectivity index (χ4n) is 3.00. The van der Waals surface area contributed by atoms with Gasteiger partial charge in [-0.3, -0.25) is 4.79 Å². The molecule has 3 heteroatoms. The van der Waals surface area contributed by atoms with Crippen molar-refractivity contribution in [2.24, 2.45) is 0 Å². The van der Waals surface area contributed by atoms with Crippen molar-refractivity contribution in [2.75, 3.05) is 7.05 Å². The SMILES string of the molecule is Cc1ccc(/C=C/C(=O)N(C)C2CCCCC2O)c(C)c1. The smallest absolute Gasteiger partial charge is 0.246 e. The summed E-state index contributed by atoms with van der Waals surface area (Å²) < 4.78 is 0. The molecule has 1 N–H and O–H groups in total. The molecule has 0 saturated heterocycles. The lowest BCUT2D eigenvalue weighted by Gasteiger charge is -2.34. The summed E-state index contributed by atoms with van der Waals surface area (Å²) in [5.74, 6) is -0.0408. The van der Waals surface area contributed by atoms with Gasteiger partial charge >= 0.3 is 0 Å². The van der Waals surface area contributed by atoms with Gasteiger partial charge < -0.3 is 10.0 Å². The Bertz CT molecular complexity index is 536. The molecule has 2 atom stereocenters. The Morgan fingerprint density at radius 3 is 2.67 bits per heavy atom. The molecule has 1 saturated carbocycles. The monoisotopic (exact) mass is 287 g/mol. The van der Waals surface area contributed by atoms with E-state index in [1.165, 1.54) is 11.1 Å². The molecular formula is C18H25NO2. The number of carbonyl (C=O) groups is 1. The zero-order chi connectivity index (χ0) is 15.4. The number of carbonyl (C=O) groups excluding carboxylic acids is 1. The molecule has 0 heterocycles. The number of likely N-dealkylation sites (N-methyl/N-ethyl adjacent to an activating group) is 1. The third-order valence-corrected chi connectivity index (χ3v) is 4.37. The molecule has 0 aromatic heterocycles. The number of aliphatic hydroxyl groups is 1. The fraction of sp³-hybridized carbons (Fsp3) is 0.500. The summed E-state index contributed by atoms with van der Waals surface area (Å²) in [5.41, 5.74) is 3.45. The molecule has 21 heavy (non-hydrogen) atoms. The number of amides is 1. The van der Waals surface area contributed by atoms with Crippen LogP contribution >= 0.6 is 0 Å². The molecule has 0 bridgehead atoms. The first-order chi connectivity index (χ1) is 9.99. The van der Waals surface area contributed by atoms with Gasteiger partial charge in [0.25, 0.3) is 0 Å². The van der Waals surface area contributed by atoms with Crippen molar-refractivity contribution in [1.82, 2.24) is 4.90 Å². The molecule has 1 fully saturated rings. The molecule has 2 rings (SSSR count). The summed E-state index contributed by atoms with van der Waals surface area (Å²) in [6.07, 6.45) is 6.91. The van der Waals surface area contributed by atoms with E-state index in [-0.39, 0.29) is 18.1 Å². The second kappa shape index (κ2) is 6.90. The van der Waals surface area contributed by atoms with E-state index in [1.807, 2.05) is 25.1 Å². The molecule has 2 unspecified atom stereocenters. The number of nitrogens with zero attached hydrogens (tertiary/aromatic N) is 1. The normalized spacial score (nSPS) is 22.5. The number of hydrogen-bond acceptors (Lipinski definition) is 2. The quantitative estimate of drug-likeness (QED) is 0.868. The summed E-state index contributed by atoms with van der Waals surface area (Å²) in [5, 5.41) is 10.0. The zero-order valence-electron chi connectivity index (χ0n) is 13.2. The van der Waals surface area contributed by atoms with E-state index in [0.29, 0.717) is 0 Å². The van der Waals surface area contributed by atoms with Crippen molar-refractivity contribution in [2.45, 2.75) is 51.7 Å². The Balaban J connectivity index is 2.04. The molecule has 1 aromatic rings. The van der Waals surface area contributed by atoms with Crippen LogP contribution in [0.3, 0.4) is 0 Å². The second-order valence-electron chi connectivity index (χ2n) is 6.06. The van der Waals surface area contributed by atoms with Gasteiger partial charge in [-0.1, -0.05) is 36.6 Å². The second-order valence-corrected chi connectivity index (χ2v) is 6.06. The predicted molar refractivity (Wildman–Crippen MR) is 86.0 cm³/mol. The van der Waals surface area contributed by atoms with Crippen LogP contribution in [-0.4, -0.2) is 35.1 Å². The Labute approximate surface area is 127 Å². The lowest BCUT2D eigenvalue weighted by Crippen LogP contribution is -2.45. The molecule has 1 aliphatic carbocycles. The number of benzene rings is 1. The van der Waals surface area contributed by atoms with E-state index in [1.54, 1.807) is 18.0 Å². The minimum absolute atomic E-state index is 0.0408. The molecule has 1 aliphatic rings. The maximum atomic E-state index is 12.3. The lowest BCUT2D eigenvalue weighted by atomic mass is 9.91. The Kier molecular flexibility index (Phi) is 5.18. The number of aryl methyl sites for hydroxylation is 2. The van der Waals surface area contributed by atoms with Gasteiger partial charge in [-0.2, -0.15) is 0 Å². The number of aliphatic hydroxyl groups excluding tert-OH is 1. The van der Waals surface area contributed by atoms with Crippen LogP contribution < -0.4 is 0 Å². The highest BCUT2D eigenvalue weighted by Crippen LogP contribution is 2.22. The molecular weight excluding hydrogens is 262 g/mol. The molecule has 1 aromatic carbocycles. The van der Waals surface area contributed by atoms with E-state index in [9.17, 15) is 9.90 Å². The van der Waals surface area contributed by atoms with Gasteiger partial charge in [0, 0.05) is 13.1 Å². The minimum Gasteiger partial charge on any atom is -0.391 e. The molecule has 1 amide bonds. The van der Waals surface area contributed by atoms with Gasteiger partial charge in [-0.15, -0.1) is 0 Å². The molecule has 0 aliphatic heterocycles. The van der Waals surface area contributed by atoms with Crippen molar-refractivity contribution in [3.05, 3.63) is 41.0 Å². The minimum atomic E-state index is -0.387. The number of rotatable bonds is 3. The van der Waals surface area contributed by atoms with E-state index in [4.69, 9.17) is 0 Å². The highest BCUT2D eigenvalue weighted by atomic mass is 16.3. The van der Waals surface area contributed by atoms with E-state index >= 15 is 0 Å². The molecule has 0 spiro atoms. The Morgan fingerprint density at radius 2 is 2.00 bits per heavy atom. The lowest BCUT2D eigenvalue weighted by molar-refractivity contribution is -0.130. The first kappa shape index (κ1) is 15.8. The van der Waals surface area contributed by atoms with Gasteiger partial charge in [0.05, 0.1) is 12.1 Å². The van der Waals surface area contributed by atoms with Gasteiger partial charge in [0.15, 0.2) is 0 Å². The van der Waals surface area contributed by atoms with Gasteiger partial charge in [0.2, 0.25) is 5.91 Å². The summed E-state index contributed by atoms with van der Waals surface area (Å²) in [6.45, 7) is 4.11. The van der Waals surface area contributed by atoms with E-state index in [0.717, 1.165) is 31.2 Å². The maximum Gasteiger partial charge on any atom is 0.246 e. The van der Waals surface area contributed by atoms with Crippen molar-refractivity contribution < 1.29 is 9.90 Å². The summed E-state index contributed by atoms with van der Waals surface area (Å²) in [7, 11) is 1.79. The molecule has 3 nitrogen and oxygen atoms in total. The van der Waals surface area contributed by atoms with Crippen LogP contribution in [0.15, 0.2) is 24.3 Å². The standard InChI is InChI=1S/C18H25NO2/c1-13-8-9-15(14(2)12-13)10-11-18(21)19(3)16-6-4-5-7-17(16)20/h8-12,16-17,20H,4-7H2,1-3H3/b11-10+. The first-order valence-electron chi connectivity index (χ1n) is 7.69. The highest BCUT2D eigenvalue weighted by molar-refractivity contribution is 5.92. The topological polar surface area (TPSA) is 40.5 Å². The number of hydrogen-bond donors (Lipinski definition) is 1. The first-order valence-corrected chi connectivity index (χ1v) is 7.69. The summed E-state index contributed by atoms with van der Waals surface area (Å²) in [4.78, 5) is 14.0. The average Bonchev–Trinajstić information content (AvgIpc) is 2.46. The van der Waals surface area contributed by atoms with Crippen LogP contribution in [0.2, 0.25) is 0 Å². The van der Waals surface area contributed by atoms with Crippen molar-refractivity contribution in [3.8, 4) is 0 Å². The third kappa shape index (κ3) is 3.94. The Morgan fingerprint density at radius 1 is 1.29 bits per heavy atom. The third-order valence-electron chi connectivity index (χ3n) is 4.37. The van der Waals surface area contributed by atoms with Crippen LogP contribution in [0.1, 0.15) is 42.4 Å². The van der Waals surface area contributed by atoms with Crippen LogP contribution in [0.25, 0.3) is 6.08 Å². The van der Waals surface area contributed by atoms with Crippen LogP contribution in [-0.2, 0) is 4.79 Å². The van der Waals surface area contributed by atoms with E-state index < -0.39 is 0 Å².